The van der Waals surface area contributed by atoms with Crippen molar-refractivity contribution in [1.29, 1.82) is 0 Å². The summed E-state index contributed by atoms with van der Waals surface area (Å²) in [7, 11) is 0. The van der Waals surface area contributed by atoms with Crippen LogP contribution in [0, 0.1) is 0 Å². The molecule has 0 fully saturated rings. The van der Waals surface area contributed by atoms with Crippen LogP contribution < -0.4 is 0 Å². The van der Waals surface area contributed by atoms with Gasteiger partial charge in [-0.1, -0.05) is 159 Å². The molecule has 0 radical (unpaired) electrons. The van der Waals surface area contributed by atoms with Gasteiger partial charge < -0.3 is 0 Å². The van der Waals surface area contributed by atoms with Crippen LogP contribution in [0.4, 0.5) is 0 Å². The van der Waals surface area contributed by atoms with Crippen LogP contribution in [0.5, 0.6) is 0 Å². The fraction of sp³-hybridized carbons (Fsp3) is 0.0566. The second-order valence-electron chi connectivity index (χ2n) is 15.3. The molecule has 0 aliphatic heterocycles. The maximum atomic E-state index is 5.38. The van der Waals surface area contributed by atoms with Gasteiger partial charge in [-0.2, -0.15) is 0 Å². The summed E-state index contributed by atoms with van der Waals surface area (Å²) in [5, 5.41) is 5.12. The van der Waals surface area contributed by atoms with Gasteiger partial charge in [-0.25, -0.2) is 9.97 Å². The largest absolute Gasteiger partial charge is 0.228 e. The molecule has 0 bridgehead atoms. The molecule has 10 aromatic rings. The molecule has 0 spiro atoms. The zero-order valence-electron chi connectivity index (χ0n) is 31.1. The van der Waals surface area contributed by atoms with Gasteiger partial charge in [0.05, 0.1) is 11.4 Å². The summed E-state index contributed by atoms with van der Waals surface area (Å²) in [5.41, 5.74) is 14.8. The number of hydrogen-bond donors (Lipinski definition) is 0. The second kappa shape index (κ2) is 12.7. The predicted molar refractivity (Wildman–Crippen MR) is 237 cm³/mol. The number of aromatic nitrogens is 2. The molecule has 11 rings (SSSR count). The van der Waals surface area contributed by atoms with E-state index >= 15 is 0 Å². The molecule has 1 aliphatic carbocycles. The monoisotopic (exact) mass is 732 g/mol. The highest BCUT2D eigenvalue weighted by Gasteiger charge is 2.37. The molecular weight excluding hydrogens is 697 g/mol. The van der Waals surface area contributed by atoms with Crippen molar-refractivity contribution in [3.8, 4) is 67.3 Å². The minimum Gasteiger partial charge on any atom is -0.228 e. The van der Waals surface area contributed by atoms with Crippen molar-refractivity contribution in [3.05, 3.63) is 193 Å². The van der Waals surface area contributed by atoms with Crippen LogP contribution >= 0.6 is 11.3 Å². The molecule has 2 nitrogen and oxygen atoms in total. The Kier molecular flexibility index (Phi) is 7.42. The van der Waals surface area contributed by atoms with E-state index in [2.05, 4.69) is 190 Å². The quantitative estimate of drug-likeness (QED) is 0.176. The molecule has 8 aromatic carbocycles. The number of hydrogen-bond acceptors (Lipinski definition) is 3. The molecule has 0 N–H and O–H groups in total. The van der Waals surface area contributed by atoms with Gasteiger partial charge in [-0.05, 0) is 91.7 Å². The van der Waals surface area contributed by atoms with Crippen molar-refractivity contribution >= 4 is 42.3 Å². The summed E-state index contributed by atoms with van der Waals surface area (Å²) in [4.78, 5) is 10.7. The van der Waals surface area contributed by atoms with Gasteiger partial charge in [0, 0.05) is 42.3 Å². The van der Waals surface area contributed by atoms with Crippen molar-refractivity contribution in [2.45, 2.75) is 19.3 Å². The van der Waals surface area contributed by atoms with E-state index in [1.165, 1.54) is 69.9 Å². The average Bonchev–Trinajstić information content (AvgIpc) is 3.77. The standard InChI is InChI=1S/C53H36N2S/c1-53(2)45-26-13-11-22-40(45)41-24-15-25-42(50(41)53)47-32-46(54-52(55-47)34-18-7-4-8-19-34)38-29-36(33-16-5-3-6-17-33)28-37(30-38)44-31-35-20-9-10-21-39(35)51-49(44)43-23-12-14-27-48(43)56-51/h3-32H,1-2H3. The van der Waals surface area contributed by atoms with Crippen LogP contribution in [0.1, 0.15) is 25.0 Å². The maximum absolute atomic E-state index is 5.38. The van der Waals surface area contributed by atoms with Crippen LogP contribution in [0.25, 0.3) is 98.2 Å². The molecule has 0 saturated carbocycles. The van der Waals surface area contributed by atoms with E-state index in [9.17, 15) is 0 Å². The van der Waals surface area contributed by atoms with Gasteiger partial charge in [0.25, 0.3) is 0 Å². The first-order valence-electron chi connectivity index (χ1n) is 19.2. The number of fused-ring (bicyclic) bond motifs is 8. The Labute approximate surface area is 330 Å². The average molecular weight is 733 g/mol. The Morgan fingerprint density at radius 2 is 1.05 bits per heavy atom. The Bertz CT molecular complexity index is 3160. The highest BCUT2D eigenvalue weighted by atomic mass is 32.1. The summed E-state index contributed by atoms with van der Waals surface area (Å²) in [5.74, 6) is 0.715. The lowest BCUT2D eigenvalue weighted by atomic mass is 9.79. The van der Waals surface area contributed by atoms with Gasteiger partial charge in [0.15, 0.2) is 5.82 Å². The van der Waals surface area contributed by atoms with Crippen LogP contribution in [-0.4, -0.2) is 9.97 Å². The van der Waals surface area contributed by atoms with Crippen LogP contribution in [0.3, 0.4) is 0 Å². The Hall–Kier alpha value is -6.68. The molecule has 2 heterocycles. The lowest BCUT2D eigenvalue weighted by Gasteiger charge is -2.24. The molecule has 3 heteroatoms. The number of nitrogens with zero attached hydrogens (tertiary/aromatic N) is 2. The van der Waals surface area contributed by atoms with Crippen molar-refractivity contribution in [2.24, 2.45) is 0 Å². The highest BCUT2D eigenvalue weighted by Crippen LogP contribution is 2.52. The topological polar surface area (TPSA) is 25.8 Å². The van der Waals surface area contributed by atoms with Gasteiger partial charge in [0.2, 0.25) is 0 Å². The minimum atomic E-state index is -0.189. The Balaban J connectivity index is 1.19. The molecule has 0 saturated heterocycles. The van der Waals surface area contributed by atoms with E-state index in [1.807, 2.05) is 17.4 Å². The van der Waals surface area contributed by atoms with Crippen LogP contribution in [-0.2, 0) is 5.41 Å². The molecule has 0 amide bonds. The molecule has 0 atom stereocenters. The van der Waals surface area contributed by atoms with Gasteiger partial charge in [-0.15, -0.1) is 11.3 Å². The van der Waals surface area contributed by atoms with Gasteiger partial charge in [0.1, 0.15) is 0 Å². The third-order valence-corrected chi connectivity index (χ3v) is 12.8. The number of benzene rings is 8. The molecular formula is C53H36N2S. The number of rotatable bonds is 5. The van der Waals surface area contributed by atoms with E-state index in [0.717, 1.165) is 33.6 Å². The smallest absolute Gasteiger partial charge is 0.160 e. The predicted octanol–water partition coefficient (Wildman–Crippen LogP) is 14.6. The van der Waals surface area contributed by atoms with Crippen LogP contribution in [0.2, 0.25) is 0 Å². The fourth-order valence-corrected chi connectivity index (χ4v) is 10.3. The van der Waals surface area contributed by atoms with Crippen LogP contribution in [0.15, 0.2) is 182 Å². The molecule has 0 unspecified atom stereocenters. The van der Waals surface area contributed by atoms with E-state index in [4.69, 9.17) is 9.97 Å². The lowest BCUT2D eigenvalue weighted by Crippen LogP contribution is -2.16. The molecule has 1 aliphatic rings. The summed E-state index contributed by atoms with van der Waals surface area (Å²) in [6.45, 7) is 4.69. The third-order valence-electron chi connectivity index (χ3n) is 11.6. The second-order valence-corrected chi connectivity index (χ2v) is 16.4. The summed E-state index contributed by atoms with van der Waals surface area (Å²) in [6, 6.07) is 65.9. The third kappa shape index (κ3) is 5.16. The lowest BCUT2D eigenvalue weighted by molar-refractivity contribution is 0.662. The minimum absolute atomic E-state index is 0.189. The zero-order valence-corrected chi connectivity index (χ0v) is 31.9. The summed E-state index contributed by atoms with van der Waals surface area (Å²) < 4.78 is 2.62. The van der Waals surface area contributed by atoms with Gasteiger partial charge >= 0.3 is 0 Å². The SMILES string of the molecule is CC1(C)c2ccccc2-c2cccc(-c3cc(-c4cc(-c5ccccc5)cc(-c5cc6ccccc6c6sc7ccccc7c56)c4)nc(-c4ccccc4)n3)c21. The highest BCUT2D eigenvalue weighted by molar-refractivity contribution is 7.26. The van der Waals surface area contributed by atoms with E-state index < -0.39 is 0 Å². The van der Waals surface area contributed by atoms with Crippen molar-refractivity contribution < 1.29 is 0 Å². The maximum Gasteiger partial charge on any atom is 0.160 e. The Morgan fingerprint density at radius 1 is 0.429 bits per heavy atom. The van der Waals surface area contributed by atoms with Crippen molar-refractivity contribution in [3.63, 3.8) is 0 Å². The van der Waals surface area contributed by atoms with E-state index in [0.29, 0.717) is 5.82 Å². The molecule has 264 valence electrons. The zero-order chi connectivity index (χ0) is 37.4. The van der Waals surface area contributed by atoms with E-state index in [-0.39, 0.29) is 5.41 Å². The van der Waals surface area contributed by atoms with E-state index in [1.54, 1.807) is 0 Å². The first-order chi connectivity index (χ1) is 27.5. The molecule has 2 aromatic heterocycles. The number of thiophene rings is 1. The first-order valence-corrected chi connectivity index (χ1v) is 20.1. The fourth-order valence-electron chi connectivity index (χ4n) is 9.03. The van der Waals surface area contributed by atoms with Crippen molar-refractivity contribution in [2.75, 3.05) is 0 Å². The van der Waals surface area contributed by atoms with Gasteiger partial charge in [-0.3, -0.25) is 0 Å². The summed E-state index contributed by atoms with van der Waals surface area (Å²) in [6.07, 6.45) is 0. The normalized spacial score (nSPS) is 13.0. The Morgan fingerprint density at radius 3 is 1.89 bits per heavy atom. The first kappa shape index (κ1) is 32.7. The summed E-state index contributed by atoms with van der Waals surface area (Å²) >= 11 is 1.88. The van der Waals surface area contributed by atoms with Crippen molar-refractivity contribution in [1.82, 2.24) is 9.97 Å². The molecule has 56 heavy (non-hydrogen) atoms.